The molecule has 21 heavy (non-hydrogen) atoms. The molecule has 1 saturated heterocycles. The molecule has 0 saturated carbocycles. The minimum atomic E-state index is -0.209. The Labute approximate surface area is 132 Å². The highest BCUT2D eigenvalue weighted by Gasteiger charge is 2.21. The first kappa shape index (κ1) is 14.4. The fourth-order valence-electron chi connectivity index (χ4n) is 2.18. The fraction of sp³-hybridized carbons (Fsp3) is 0.333. The lowest BCUT2D eigenvalue weighted by Crippen LogP contribution is -2.26. The van der Waals surface area contributed by atoms with Crippen LogP contribution in [0, 0.1) is 0 Å². The maximum Gasteiger partial charge on any atom is 0.409 e. The van der Waals surface area contributed by atoms with Crippen LogP contribution < -0.4 is 0 Å². The number of rotatable bonds is 5. The van der Waals surface area contributed by atoms with E-state index >= 15 is 0 Å². The molecule has 0 bridgehead atoms. The number of hydrogen-bond donors (Lipinski definition) is 0. The predicted molar refractivity (Wildman–Crippen MR) is 86.0 cm³/mol. The smallest absolute Gasteiger partial charge is 0.409 e. The minimum absolute atomic E-state index is 0.209. The van der Waals surface area contributed by atoms with Crippen molar-refractivity contribution in [3.63, 3.8) is 0 Å². The zero-order valence-electron chi connectivity index (χ0n) is 11.7. The second kappa shape index (κ2) is 6.49. The van der Waals surface area contributed by atoms with Crippen molar-refractivity contribution in [2.45, 2.75) is 11.3 Å². The van der Waals surface area contributed by atoms with E-state index in [1.807, 2.05) is 0 Å². The fourth-order valence-corrected chi connectivity index (χ4v) is 3.38. The molecular formula is C15H16N2O2S2. The highest BCUT2D eigenvalue weighted by Crippen LogP contribution is 2.25. The number of carbonyl (C=O) groups excluding carboxylic acids is 1. The van der Waals surface area contributed by atoms with Crippen LogP contribution >= 0.6 is 23.1 Å². The Bertz CT molecular complexity index is 625. The minimum Gasteiger partial charge on any atom is -0.448 e. The molecule has 1 aromatic heterocycles. The number of cyclic esters (lactones) is 1. The molecule has 6 heteroatoms. The quantitative estimate of drug-likeness (QED) is 0.791. The van der Waals surface area contributed by atoms with E-state index in [1.54, 1.807) is 28.0 Å². The molecule has 110 valence electrons. The Kier molecular flexibility index (Phi) is 4.45. The number of thioether (sulfide) groups is 1. The van der Waals surface area contributed by atoms with Crippen LogP contribution in [0.1, 0.15) is 5.01 Å². The molecule has 2 heterocycles. The highest BCUT2D eigenvalue weighted by atomic mass is 32.2. The number of aromatic nitrogens is 1. The van der Waals surface area contributed by atoms with E-state index in [9.17, 15) is 4.79 Å². The summed E-state index contributed by atoms with van der Waals surface area (Å²) >= 11 is 3.38. The molecule has 2 aromatic rings. The first-order valence-corrected chi connectivity index (χ1v) is 8.87. The van der Waals surface area contributed by atoms with Crippen molar-refractivity contribution in [3.05, 3.63) is 34.7 Å². The predicted octanol–water partition coefficient (Wildman–Crippen LogP) is 3.53. The third kappa shape index (κ3) is 3.39. The molecule has 1 aromatic carbocycles. The van der Waals surface area contributed by atoms with E-state index in [2.05, 4.69) is 40.9 Å². The van der Waals surface area contributed by atoms with Crippen molar-refractivity contribution >= 4 is 29.2 Å². The van der Waals surface area contributed by atoms with E-state index in [-0.39, 0.29) is 6.09 Å². The molecule has 1 fully saturated rings. The molecule has 4 nitrogen and oxygen atoms in total. The van der Waals surface area contributed by atoms with Gasteiger partial charge in [-0.05, 0) is 18.4 Å². The molecule has 1 aliphatic rings. The highest BCUT2D eigenvalue weighted by molar-refractivity contribution is 7.98. The van der Waals surface area contributed by atoms with E-state index < -0.39 is 0 Å². The maximum atomic E-state index is 11.4. The number of nitrogens with zero attached hydrogens (tertiary/aromatic N) is 2. The van der Waals surface area contributed by atoms with Gasteiger partial charge in [-0.15, -0.1) is 23.1 Å². The standard InChI is InChI=1S/C15H16N2O2S2/c1-20-12-4-2-11(3-5-12)13-10-21-14(16-13)6-7-17-8-9-19-15(17)18/h2-5,10H,6-9H2,1H3. The lowest BCUT2D eigenvalue weighted by atomic mass is 10.2. The third-order valence-electron chi connectivity index (χ3n) is 3.38. The van der Waals surface area contributed by atoms with E-state index in [4.69, 9.17) is 4.74 Å². The van der Waals surface area contributed by atoms with E-state index in [0.29, 0.717) is 19.7 Å². The second-order valence-electron chi connectivity index (χ2n) is 4.71. The molecule has 0 spiro atoms. The van der Waals surface area contributed by atoms with Gasteiger partial charge in [-0.3, -0.25) is 0 Å². The van der Waals surface area contributed by atoms with Gasteiger partial charge in [0.15, 0.2) is 0 Å². The average molecular weight is 320 g/mol. The van der Waals surface area contributed by atoms with Crippen LogP contribution in [0.2, 0.25) is 0 Å². The van der Waals surface area contributed by atoms with Crippen LogP contribution in [-0.2, 0) is 11.2 Å². The molecule has 0 unspecified atom stereocenters. The molecule has 0 atom stereocenters. The van der Waals surface area contributed by atoms with Crippen molar-refractivity contribution in [2.75, 3.05) is 26.0 Å². The Morgan fingerprint density at radius 3 is 2.86 bits per heavy atom. The molecule has 0 aliphatic carbocycles. The van der Waals surface area contributed by atoms with Gasteiger partial charge >= 0.3 is 6.09 Å². The molecule has 0 radical (unpaired) electrons. The van der Waals surface area contributed by atoms with Gasteiger partial charge in [0.05, 0.1) is 17.2 Å². The number of thiazole rings is 1. The molecular weight excluding hydrogens is 304 g/mol. The molecule has 3 rings (SSSR count). The lowest BCUT2D eigenvalue weighted by Gasteiger charge is -2.10. The normalized spacial score (nSPS) is 14.5. The first-order valence-electron chi connectivity index (χ1n) is 6.77. The first-order chi connectivity index (χ1) is 10.3. The van der Waals surface area contributed by atoms with Crippen LogP contribution in [0.3, 0.4) is 0 Å². The summed E-state index contributed by atoms with van der Waals surface area (Å²) in [6.07, 6.45) is 2.64. The van der Waals surface area contributed by atoms with Gasteiger partial charge in [-0.1, -0.05) is 12.1 Å². The van der Waals surface area contributed by atoms with Crippen LogP contribution in [-0.4, -0.2) is 41.9 Å². The van der Waals surface area contributed by atoms with Crippen molar-refractivity contribution < 1.29 is 9.53 Å². The second-order valence-corrected chi connectivity index (χ2v) is 6.53. The molecule has 1 aliphatic heterocycles. The number of benzene rings is 1. The summed E-state index contributed by atoms with van der Waals surface area (Å²) in [7, 11) is 0. The van der Waals surface area contributed by atoms with Gasteiger partial charge in [0, 0.05) is 28.8 Å². The lowest BCUT2D eigenvalue weighted by molar-refractivity contribution is 0.159. The Morgan fingerprint density at radius 1 is 1.38 bits per heavy atom. The third-order valence-corrected chi connectivity index (χ3v) is 5.03. The van der Waals surface area contributed by atoms with Crippen LogP contribution in [0.25, 0.3) is 11.3 Å². The van der Waals surface area contributed by atoms with Gasteiger partial charge in [-0.25, -0.2) is 9.78 Å². The van der Waals surface area contributed by atoms with E-state index in [1.165, 1.54) is 4.90 Å². The number of carbonyl (C=O) groups is 1. The van der Waals surface area contributed by atoms with Gasteiger partial charge in [0.1, 0.15) is 6.61 Å². The SMILES string of the molecule is CSc1ccc(-c2csc(CCN3CCOC3=O)n2)cc1. The monoisotopic (exact) mass is 320 g/mol. The van der Waals surface area contributed by atoms with Crippen LogP contribution in [0.5, 0.6) is 0 Å². The zero-order chi connectivity index (χ0) is 14.7. The summed E-state index contributed by atoms with van der Waals surface area (Å²) in [5.41, 5.74) is 2.14. The summed E-state index contributed by atoms with van der Waals surface area (Å²) in [5, 5.41) is 3.13. The van der Waals surface area contributed by atoms with Gasteiger partial charge in [0.25, 0.3) is 0 Å². The van der Waals surface area contributed by atoms with Crippen molar-refractivity contribution in [1.29, 1.82) is 0 Å². The summed E-state index contributed by atoms with van der Waals surface area (Å²) in [4.78, 5) is 19.0. The number of hydrogen-bond acceptors (Lipinski definition) is 5. The number of amides is 1. The molecule has 0 N–H and O–H groups in total. The Hall–Kier alpha value is -1.53. The van der Waals surface area contributed by atoms with Gasteiger partial charge in [0.2, 0.25) is 0 Å². The van der Waals surface area contributed by atoms with Crippen molar-refractivity contribution in [3.8, 4) is 11.3 Å². The van der Waals surface area contributed by atoms with Crippen molar-refractivity contribution in [1.82, 2.24) is 9.88 Å². The van der Waals surface area contributed by atoms with Gasteiger partial charge in [-0.2, -0.15) is 0 Å². The summed E-state index contributed by atoms with van der Waals surface area (Å²) in [5.74, 6) is 0. The largest absolute Gasteiger partial charge is 0.448 e. The number of ether oxygens (including phenoxy) is 1. The van der Waals surface area contributed by atoms with E-state index in [0.717, 1.165) is 22.7 Å². The Morgan fingerprint density at radius 2 is 2.19 bits per heavy atom. The van der Waals surface area contributed by atoms with Crippen LogP contribution in [0.15, 0.2) is 34.5 Å². The summed E-state index contributed by atoms with van der Waals surface area (Å²) in [6.45, 7) is 1.87. The summed E-state index contributed by atoms with van der Waals surface area (Å²) < 4.78 is 4.92. The van der Waals surface area contributed by atoms with Crippen molar-refractivity contribution in [2.24, 2.45) is 0 Å². The Balaban J connectivity index is 1.63. The van der Waals surface area contributed by atoms with Crippen LogP contribution in [0.4, 0.5) is 4.79 Å². The maximum absolute atomic E-state index is 11.4. The topological polar surface area (TPSA) is 42.4 Å². The summed E-state index contributed by atoms with van der Waals surface area (Å²) in [6, 6.07) is 8.42. The molecule has 1 amide bonds. The average Bonchev–Trinajstić information content (AvgIpc) is 3.14. The zero-order valence-corrected chi connectivity index (χ0v) is 13.4. The van der Waals surface area contributed by atoms with Gasteiger partial charge < -0.3 is 9.64 Å².